The van der Waals surface area contributed by atoms with Gasteiger partial charge < -0.3 is 4.90 Å². The standard InChI is InChI=1S/C28H23FN4/c1-27(2,3)32-26-24(18-9-8-10-19(29)15-18)28(16-30,17-31)25-22-13-5-4-11-20(22)21-12-6-7-14-23(21)33(25)26/h4-15,24-25H,1-3H3/t24-,25+/m0/s1. The first-order valence-corrected chi connectivity index (χ1v) is 11.0. The highest BCUT2D eigenvalue weighted by atomic mass is 19.1. The van der Waals surface area contributed by atoms with Crippen LogP contribution in [0.25, 0.3) is 11.1 Å². The molecular formula is C28H23FN4. The highest BCUT2D eigenvalue weighted by Crippen LogP contribution is 2.61. The molecule has 0 spiro atoms. The van der Waals surface area contributed by atoms with Crippen LogP contribution in [-0.2, 0) is 0 Å². The van der Waals surface area contributed by atoms with E-state index < -0.39 is 28.7 Å². The number of rotatable bonds is 1. The SMILES string of the molecule is CC(C)(C)N=C1[C@H](c2cccc(F)c2)C(C#N)(C#N)[C@H]2c3ccccc3-c3ccccc3N12. The number of para-hydroxylation sites is 1. The number of anilines is 1. The number of halogens is 1. The zero-order valence-corrected chi connectivity index (χ0v) is 18.7. The maximum atomic E-state index is 14.4. The molecule has 0 amide bonds. The van der Waals surface area contributed by atoms with E-state index in [9.17, 15) is 14.9 Å². The van der Waals surface area contributed by atoms with Crippen molar-refractivity contribution in [1.82, 2.24) is 0 Å². The molecule has 2 aliphatic rings. The monoisotopic (exact) mass is 434 g/mol. The van der Waals surface area contributed by atoms with E-state index in [1.54, 1.807) is 12.1 Å². The molecule has 0 saturated carbocycles. The largest absolute Gasteiger partial charge is 0.319 e. The molecule has 0 aliphatic carbocycles. The summed E-state index contributed by atoms with van der Waals surface area (Å²) >= 11 is 0. The summed E-state index contributed by atoms with van der Waals surface area (Å²) in [6, 6.07) is 26.3. The Morgan fingerprint density at radius 1 is 0.909 bits per heavy atom. The van der Waals surface area contributed by atoms with Crippen molar-refractivity contribution in [2.24, 2.45) is 10.4 Å². The Bertz CT molecular complexity index is 1360. The van der Waals surface area contributed by atoms with Crippen LogP contribution in [0.1, 0.15) is 43.9 Å². The lowest BCUT2D eigenvalue weighted by Crippen LogP contribution is -2.36. The molecule has 0 unspecified atom stereocenters. The van der Waals surface area contributed by atoms with Gasteiger partial charge in [-0.15, -0.1) is 0 Å². The Hall–Kier alpha value is -3.96. The van der Waals surface area contributed by atoms with Gasteiger partial charge in [-0.25, -0.2) is 4.39 Å². The van der Waals surface area contributed by atoms with Gasteiger partial charge in [0.15, 0.2) is 5.41 Å². The highest BCUT2D eigenvalue weighted by molar-refractivity contribution is 6.11. The molecule has 5 rings (SSSR count). The van der Waals surface area contributed by atoms with Crippen LogP contribution in [0.15, 0.2) is 77.8 Å². The van der Waals surface area contributed by atoms with Crippen molar-refractivity contribution in [2.75, 3.05) is 4.90 Å². The third-order valence-corrected chi connectivity index (χ3v) is 6.36. The molecule has 4 nitrogen and oxygen atoms in total. The molecule has 162 valence electrons. The van der Waals surface area contributed by atoms with E-state index in [-0.39, 0.29) is 0 Å². The molecule has 2 aliphatic heterocycles. The Kier molecular flexibility index (Phi) is 4.62. The molecule has 5 heteroatoms. The van der Waals surface area contributed by atoms with Crippen molar-refractivity contribution in [2.45, 2.75) is 38.3 Å². The summed E-state index contributed by atoms with van der Waals surface area (Å²) in [6.07, 6.45) is 0. The molecule has 33 heavy (non-hydrogen) atoms. The zero-order valence-electron chi connectivity index (χ0n) is 18.7. The van der Waals surface area contributed by atoms with Crippen molar-refractivity contribution in [3.8, 4) is 23.3 Å². The first-order chi connectivity index (χ1) is 15.8. The molecular weight excluding hydrogens is 411 g/mol. The van der Waals surface area contributed by atoms with Gasteiger partial charge in [0.05, 0.1) is 35.3 Å². The first kappa shape index (κ1) is 20.9. The van der Waals surface area contributed by atoms with E-state index in [0.29, 0.717) is 11.4 Å². The molecule has 2 atom stereocenters. The molecule has 1 fully saturated rings. The van der Waals surface area contributed by atoms with Crippen molar-refractivity contribution >= 4 is 11.5 Å². The number of aliphatic imine (C=N–C) groups is 1. The van der Waals surface area contributed by atoms with Gasteiger partial charge in [0.2, 0.25) is 0 Å². The van der Waals surface area contributed by atoms with Crippen LogP contribution in [0.3, 0.4) is 0 Å². The van der Waals surface area contributed by atoms with E-state index in [4.69, 9.17) is 4.99 Å². The maximum absolute atomic E-state index is 14.4. The molecule has 2 heterocycles. The Balaban J connectivity index is 1.92. The van der Waals surface area contributed by atoms with Gasteiger partial charge in [-0.3, -0.25) is 4.99 Å². The zero-order chi connectivity index (χ0) is 23.4. The minimum Gasteiger partial charge on any atom is -0.319 e. The first-order valence-electron chi connectivity index (χ1n) is 11.0. The molecule has 3 aromatic carbocycles. The van der Waals surface area contributed by atoms with E-state index in [1.165, 1.54) is 12.1 Å². The second-order valence-corrected chi connectivity index (χ2v) is 9.60. The van der Waals surface area contributed by atoms with Gasteiger partial charge in [0.1, 0.15) is 11.7 Å². The average molecular weight is 435 g/mol. The van der Waals surface area contributed by atoms with Crippen LogP contribution in [0.2, 0.25) is 0 Å². The number of amidine groups is 1. The van der Waals surface area contributed by atoms with Crippen LogP contribution in [0.4, 0.5) is 10.1 Å². The third-order valence-electron chi connectivity index (χ3n) is 6.36. The van der Waals surface area contributed by atoms with Crippen LogP contribution < -0.4 is 4.90 Å². The molecule has 1 saturated heterocycles. The molecule has 0 bridgehead atoms. The Morgan fingerprint density at radius 2 is 1.58 bits per heavy atom. The number of nitrogens with zero attached hydrogens (tertiary/aromatic N) is 4. The fraction of sp³-hybridized carbons (Fsp3) is 0.250. The Morgan fingerprint density at radius 3 is 2.24 bits per heavy atom. The predicted molar refractivity (Wildman–Crippen MR) is 127 cm³/mol. The van der Waals surface area contributed by atoms with Crippen LogP contribution in [0.5, 0.6) is 0 Å². The fourth-order valence-corrected chi connectivity index (χ4v) is 5.21. The lowest BCUT2D eigenvalue weighted by Gasteiger charge is -2.38. The molecule has 3 aromatic rings. The Labute approximate surface area is 193 Å². The van der Waals surface area contributed by atoms with Gasteiger partial charge in [-0.1, -0.05) is 54.6 Å². The predicted octanol–water partition coefficient (Wildman–Crippen LogP) is 6.38. The number of benzene rings is 3. The molecule has 0 radical (unpaired) electrons. The summed E-state index contributed by atoms with van der Waals surface area (Å²) in [5, 5.41) is 21.2. The van der Waals surface area contributed by atoms with Crippen molar-refractivity contribution in [3.05, 3.63) is 89.7 Å². The van der Waals surface area contributed by atoms with Crippen molar-refractivity contribution in [3.63, 3.8) is 0 Å². The van der Waals surface area contributed by atoms with Gasteiger partial charge >= 0.3 is 0 Å². The van der Waals surface area contributed by atoms with E-state index >= 15 is 0 Å². The molecule has 0 aromatic heterocycles. The minimum atomic E-state index is -1.50. The van der Waals surface area contributed by atoms with Crippen LogP contribution in [-0.4, -0.2) is 11.4 Å². The van der Waals surface area contributed by atoms with Crippen molar-refractivity contribution < 1.29 is 4.39 Å². The smallest absolute Gasteiger partial charge is 0.182 e. The topological polar surface area (TPSA) is 63.2 Å². The van der Waals surface area contributed by atoms with Crippen LogP contribution >= 0.6 is 0 Å². The number of nitriles is 2. The fourth-order valence-electron chi connectivity index (χ4n) is 5.21. The molecule has 0 N–H and O–H groups in total. The maximum Gasteiger partial charge on any atom is 0.182 e. The lowest BCUT2D eigenvalue weighted by molar-refractivity contribution is 0.436. The summed E-state index contributed by atoms with van der Waals surface area (Å²) in [5.74, 6) is -0.507. The number of hydrogen-bond acceptors (Lipinski definition) is 3. The van der Waals surface area contributed by atoms with E-state index in [2.05, 4.69) is 18.2 Å². The van der Waals surface area contributed by atoms with Gasteiger partial charge in [-0.05, 0) is 55.7 Å². The summed E-state index contributed by atoms with van der Waals surface area (Å²) < 4.78 is 14.4. The van der Waals surface area contributed by atoms with Gasteiger partial charge in [0, 0.05) is 5.56 Å². The van der Waals surface area contributed by atoms with Crippen molar-refractivity contribution in [1.29, 1.82) is 10.5 Å². The average Bonchev–Trinajstić information content (AvgIpc) is 3.08. The summed E-state index contributed by atoms with van der Waals surface area (Å²) in [6.45, 7) is 5.96. The second kappa shape index (κ2) is 7.29. The quantitative estimate of drug-likeness (QED) is 0.446. The van der Waals surface area contributed by atoms with Gasteiger partial charge in [-0.2, -0.15) is 10.5 Å². The lowest BCUT2D eigenvalue weighted by atomic mass is 9.69. The third kappa shape index (κ3) is 3.04. The van der Waals surface area contributed by atoms with Crippen LogP contribution in [0, 0.1) is 33.9 Å². The summed E-state index contributed by atoms with van der Waals surface area (Å²) in [4.78, 5) is 7.11. The van der Waals surface area contributed by atoms with E-state index in [0.717, 1.165) is 22.4 Å². The number of hydrogen-bond donors (Lipinski definition) is 0. The van der Waals surface area contributed by atoms with E-state index in [1.807, 2.05) is 68.1 Å². The highest BCUT2D eigenvalue weighted by Gasteiger charge is 2.62. The second-order valence-electron chi connectivity index (χ2n) is 9.60. The summed E-state index contributed by atoms with van der Waals surface area (Å²) in [7, 11) is 0. The number of fused-ring (bicyclic) bond motifs is 6. The minimum absolute atomic E-state index is 0.405. The normalized spacial score (nSPS) is 21.5. The summed E-state index contributed by atoms with van der Waals surface area (Å²) in [5.41, 5.74) is 2.43. The van der Waals surface area contributed by atoms with Gasteiger partial charge in [0.25, 0.3) is 0 Å².